The van der Waals surface area contributed by atoms with E-state index in [1.165, 1.54) is 0 Å². The van der Waals surface area contributed by atoms with E-state index < -0.39 is 17.7 Å². The van der Waals surface area contributed by atoms with Crippen molar-refractivity contribution in [2.75, 3.05) is 50.8 Å². The molecular formula is C26H32N4O4. The topological polar surface area (TPSA) is 98.1 Å². The SMILES string of the molecule is CC1(C)Oc2ccc(C#N)cc2C(N(CC(=O)NCCN2CCOCC2)c2ccccc2)C1O. The lowest BCUT2D eigenvalue weighted by atomic mass is 9.84. The van der Waals surface area contributed by atoms with E-state index in [0.717, 1.165) is 38.5 Å². The lowest BCUT2D eigenvalue weighted by Crippen LogP contribution is -2.55. The zero-order chi connectivity index (χ0) is 24.1. The molecule has 1 amide bonds. The van der Waals surface area contributed by atoms with Crippen molar-refractivity contribution in [2.45, 2.75) is 31.6 Å². The van der Waals surface area contributed by atoms with Crippen molar-refractivity contribution in [3.8, 4) is 11.8 Å². The van der Waals surface area contributed by atoms with Gasteiger partial charge in [-0.05, 0) is 44.2 Å². The van der Waals surface area contributed by atoms with Crippen molar-refractivity contribution in [3.05, 3.63) is 59.7 Å². The fourth-order valence-corrected chi connectivity index (χ4v) is 4.53. The molecule has 2 N–H and O–H groups in total. The number of nitriles is 1. The first-order chi connectivity index (χ1) is 16.4. The number of carbonyl (C=O) groups excluding carboxylic acids is 1. The van der Waals surface area contributed by atoms with Crippen molar-refractivity contribution in [1.29, 1.82) is 5.26 Å². The minimum absolute atomic E-state index is 0.0567. The Morgan fingerprint density at radius 3 is 2.68 bits per heavy atom. The third kappa shape index (κ3) is 5.33. The van der Waals surface area contributed by atoms with Gasteiger partial charge in [0.05, 0.1) is 37.4 Å². The number of nitrogens with zero attached hydrogens (tertiary/aromatic N) is 3. The number of amides is 1. The molecule has 2 aliphatic heterocycles. The maximum Gasteiger partial charge on any atom is 0.239 e. The number of ether oxygens (including phenoxy) is 2. The zero-order valence-electron chi connectivity index (χ0n) is 19.7. The molecule has 0 spiro atoms. The number of rotatable bonds is 7. The first kappa shape index (κ1) is 24.0. The number of hydrogen-bond acceptors (Lipinski definition) is 7. The number of hydrogen-bond donors (Lipinski definition) is 2. The highest BCUT2D eigenvalue weighted by Gasteiger charge is 2.46. The zero-order valence-corrected chi connectivity index (χ0v) is 19.7. The highest BCUT2D eigenvalue weighted by molar-refractivity contribution is 5.81. The summed E-state index contributed by atoms with van der Waals surface area (Å²) in [6.07, 6.45) is -0.935. The fourth-order valence-electron chi connectivity index (χ4n) is 4.53. The second-order valence-corrected chi connectivity index (χ2v) is 9.23. The van der Waals surface area contributed by atoms with E-state index in [1.54, 1.807) is 18.2 Å². The third-order valence-electron chi connectivity index (χ3n) is 6.43. The largest absolute Gasteiger partial charge is 0.485 e. The van der Waals surface area contributed by atoms with Crippen LogP contribution < -0.4 is 15.0 Å². The summed E-state index contributed by atoms with van der Waals surface area (Å²) in [5, 5.41) is 23.9. The Kier molecular flexibility index (Phi) is 7.37. The number of nitrogens with one attached hydrogen (secondary N) is 1. The van der Waals surface area contributed by atoms with Gasteiger partial charge in [0, 0.05) is 37.4 Å². The molecule has 1 saturated heterocycles. The Bertz CT molecular complexity index is 1030. The van der Waals surface area contributed by atoms with Crippen LogP contribution in [0.1, 0.15) is 31.0 Å². The molecule has 0 saturated carbocycles. The van der Waals surface area contributed by atoms with Crippen molar-refractivity contribution >= 4 is 11.6 Å². The molecule has 2 atom stereocenters. The number of aliphatic hydroxyl groups is 1. The maximum absolute atomic E-state index is 13.1. The fraction of sp³-hybridized carbons (Fsp3) is 0.462. The van der Waals surface area contributed by atoms with Crippen LogP contribution >= 0.6 is 0 Å². The Balaban J connectivity index is 1.59. The first-order valence-electron chi connectivity index (χ1n) is 11.7. The van der Waals surface area contributed by atoms with Gasteiger partial charge >= 0.3 is 0 Å². The van der Waals surface area contributed by atoms with E-state index in [1.807, 2.05) is 49.1 Å². The standard InChI is InChI=1S/C26H32N4O4/c1-26(2)25(32)24(21-16-19(17-27)8-9-22(21)34-26)30(20-6-4-3-5-7-20)18-23(31)28-10-11-29-12-14-33-15-13-29/h3-9,16,24-25,32H,10-15,18H2,1-2H3,(H,28,31). The minimum Gasteiger partial charge on any atom is -0.485 e. The van der Waals surface area contributed by atoms with Crippen LogP contribution in [0.2, 0.25) is 0 Å². The lowest BCUT2D eigenvalue weighted by molar-refractivity contribution is -0.120. The number of benzene rings is 2. The van der Waals surface area contributed by atoms with Crippen molar-refractivity contribution < 1.29 is 19.4 Å². The van der Waals surface area contributed by atoms with Crippen LogP contribution in [0.15, 0.2) is 48.5 Å². The molecule has 2 aromatic carbocycles. The number of anilines is 1. The summed E-state index contributed by atoms with van der Waals surface area (Å²) in [6, 6.07) is 16.4. The van der Waals surface area contributed by atoms with Gasteiger partial charge < -0.3 is 24.8 Å². The Morgan fingerprint density at radius 1 is 1.24 bits per heavy atom. The van der Waals surface area contributed by atoms with E-state index in [4.69, 9.17) is 9.47 Å². The first-order valence-corrected chi connectivity index (χ1v) is 11.7. The molecule has 8 nitrogen and oxygen atoms in total. The number of morpholine rings is 1. The van der Waals surface area contributed by atoms with E-state index in [0.29, 0.717) is 23.4 Å². The predicted octanol–water partition coefficient (Wildman–Crippen LogP) is 2.09. The molecule has 4 rings (SSSR count). The number of para-hydroxylation sites is 1. The average molecular weight is 465 g/mol. The van der Waals surface area contributed by atoms with Crippen LogP contribution in [0.4, 0.5) is 5.69 Å². The minimum atomic E-state index is -0.935. The molecule has 2 aromatic rings. The second kappa shape index (κ2) is 10.4. The highest BCUT2D eigenvalue weighted by atomic mass is 16.5. The quantitative estimate of drug-likeness (QED) is 0.647. The van der Waals surface area contributed by atoms with Gasteiger partial charge in [0.2, 0.25) is 5.91 Å². The van der Waals surface area contributed by atoms with E-state index in [-0.39, 0.29) is 12.5 Å². The number of aliphatic hydroxyl groups excluding tert-OH is 1. The van der Waals surface area contributed by atoms with Crippen LogP contribution in [-0.2, 0) is 9.53 Å². The molecule has 180 valence electrons. The summed E-state index contributed by atoms with van der Waals surface area (Å²) in [6.45, 7) is 8.20. The summed E-state index contributed by atoms with van der Waals surface area (Å²) in [5.41, 5.74) is 1.09. The van der Waals surface area contributed by atoms with Gasteiger partial charge in [-0.3, -0.25) is 9.69 Å². The number of carbonyl (C=O) groups is 1. The molecular weight excluding hydrogens is 432 g/mol. The normalized spacial score (nSPS) is 21.6. The summed E-state index contributed by atoms with van der Waals surface area (Å²) >= 11 is 0. The molecule has 2 unspecified atom stereocenters. The molecule has 34 heavy (non-hydrogen) atoms. The molecule has 8 heteroatoms. The monoisotopic (exact) mass is 464 g/mol. The van der Waals surface area contributed by atoms with Gasteiger partial charge in [-0.1, -0.05) is 18.2 Å². The summed E-state index contributed by atoms with van der Waals surface area (Å²) in [7, 11) is 0. The molecule has 0 aromatic heterocycles. The average Bonchev–Trinajstić information content (AvgIpc) is 2.85. The maximum atomic E-state index is 13.1. The van der Waals surface area contributed by atoms with Gasteiger partial charge in [0.25, 0.3) is 0 Å². The Labute approximate surface area is 200 Å². The third-order valence-corrected chi connectivity index (χ3v) is 6.43. The molecule has 1 fully saturated rings. The van der Waals surface area contributed by atoms with Gasteiger partial charge in [-0.25, -0.2) is 0 Å². The highest BCUT2D eigenvalue weighted by Crippen LogP contribution is 2.44. The van der Waals surface area contributed by atoms with E-state index in [2.05, 4.69) is 16.3 Å². The van der Waals surface area contributed by atoms with E-state index in [9.17, 15) is 15.2 Å². The van der Waals surface area contributed by atoms with Crippen LogP contribution in [0.5, 0.6) is 5.75 Å². The van der Waals surface area contributed by atoms with Gasteiger partial charge in [-0.15, -0.1) is 0 Å². The van der Waals surface area contributed by atoms with Gasteiger partial charge in [0.1, 0.15) is 17.5 Å². The molecule has 2 aliphatic rings. The summed E-state index contributed by atoms with van der Waals surface area (Å²) in [4.78, 5) is 17.2. The van der Waals surface area contributed by atoms with Crippen LogP contribution in [-0.4, -0.2) is 73.6 Å². The molecule has 0 bridgehead atoms. The summed E-state index contributed by atoms with van der Waals surface area (Å²) in [5.74, 6) is 0.472. The second-order valence-electron chi connectivity index (χ2n) is 9.23. The summed E-state index contributed by atoms with van der Waals surface area (Å²) < 4.78 is 11.5. The van der Waals surface area contributed by atoms with Crippen molar-refractivity contribution in [2.24, 2.45) is 0 Å². The Morgan fingerprint density at radius 2 is 1.97 bits per heavy atom. The van der Waals surface area contributed by atoms with Crippen LogP contribution in [0, 0.1) is 11.3 Å². The van der Waals surface area contributed by atoms with Crippen molar-refractivity contribution in [1.82, 2.24) is 10.2 Å². The van der Waals surface area contributed by atoms with Crippen LogP contribution in [0.25, 0.3) is 0 Å². The molecule has 0 aliphatic carbocycles. The van der Waals surface area contributed by atoms with Crippen LogP contribution in [0.3, 0.4) is 0 Å². The van der Waals surface area contributed by atoms with Crippen molar-refractivity contribution in [3.63, 3.8) is 0 Å². The molecule has 2 heterocycles. The molecule has 0 radical (unpaired) electrons. The lowest BCUT2D eigenvalue weighted by Gasteiger charge is -2.47. The predicted molar refractivity (Wildman–Crippen MR) is 129 cm³/mol. The smallest absolute Gasteiger partial charge is 0.239 e. The number of fused-ring (bicyclic) bond motifs is 1. The Hall–Kier alpha value is -3.12. The van der Waals surface area contributed by atoms with E-state index >= 15 is 0 Å². The van der Waals surface area contributed by atoms with Gasteiger partial charge in [0.15, 0.2) is 0 Å². The van der Waals surface area contributed by atoms with Gasteiger partial charge in [-0.2, -0.15) is 5.26 Å².